The van der Waals surface area contributed by atoms with Gasteiger partial charge in [-0.1, -0.05) is 32.9 Å². The highest BCUT2D eigenvalue weighted by Crippen LogP contribution is 2.29. The first kappa shape index (κ1) is 15.8. The Morgan fingerprint density at radius 2 is 1.76 bits per heavy atom. The number of aryl methyl sites for hydroxylation is 3. The van der Waals surface area contributed by atoms with E-state index in [1.807, 2.05) is 17.8 Å². The molecule has 0 aliphatic rings. The number of hydrogen-bond donors (Lipinski definition) is 1. The second kappa shape index (κ2) is 5.64. The number of aromatic nitrogens is 2. The summed E-state index contributed by atoms with van der Waals surface area (Å²) in [6.45, 7) is 10.9. The maximum absolute atomic E-state index is 10.4. The summed E-state index contributed by atoms with van der Waals surface area (Å²) in [6.07, 6.45) is 3.62. The molecule has 114 valence electrons. The van der Waals surface area contributed by atoms with Gasteiger partial charge >= 0.3 is 0 Å². The molecule has 1 atom stereocenters. The van der Waals surface area contributed by atoms with Crippen molar-refractivity contribution >= 4 is 0 Å². The third-order valence-corrected chi connectivity index (χ3v) is 4.12. The van der Waals surface area contributed by atoms with E-state index in [1.165, 1.54) is 22.3 Å². The molecule has 0 radical (unpaired) electrons. The van der Waals surface area contributed by atoms with Crippen molar-refractivity contribution < 1.29 is 5.11 Å². The number of imidazole rings is 1. The van der Waals surface area contributed by atoms with Crippen LogP contribution >= 0.6 is 0 Å². The molecule has 2 rings (SSSR count). The maximum atomic E-state index is 10.4. The Bertz CT molecular complexity index is 612. The molecular formula is C18H26N2O. The molecule has 0 aliphatic heterocycles. The van der Waals surface area contributed by atoms with Crippen molar-refractivity contribution in [3.05, 3.63) is 52.6 Å². The second-order valence-electron chi connectivity index (χ2n) is 6.95. The Balaban J connectivity index is 2.31. The van der Waals surface area contributed by atoms with Crippen LogP contribution in [0.2, 0.25) is 0 Å². The lowest BCUT2D eigenvalue weighted by Crippen LogP contribution is -2.14. The van der Waals surface area contributed by atoms with Crippen LogP contribution in [0.4, 0.5) is 0 Å². The number of rotatable bonds is 3. The van der Waals surface area contributed by atoms with Crippen molar-refractivity contribution in [3.8, 4) is 0 Å². The van der Waals surface area contributed by atoms with Gasteiger partial charge in [0.25, 0.3) is 0 Å². The van der Waals surface area contributed by atoms with Crippen LogP contribution in [0.15, 0.2) is 24.5 Å². The standard InChI is InChI=1S/C18H26N2O/c1-12-9-14(18(3,4)5)10-13(2)15(12)11-16(21)17-19-7-8-20(17)6/h7-10,16,21H,11H2,1-6H3. The van der Waals surface area contributed by atoms with Gasteiger partial charge in [-0.2, -0.15) is 0 Å². The summed E-state index contributed by atoms with van der Waals surface area (Å²) in [4.78, 5) is 4.24. The van der Waals surface area contributed by atoms with Crippen molar-refractivity contribution in [3.63, 3.8) is 0 Å². The zero-order chi connectivity index (χ0) is 15.8. The van der Waals surface area contributed by atoms with Gasteiger partial charge in [-0.15, -0.1) is 0 Å². The lowest BCUT2D eigenvalue weighted by molar-refractivity contribution is 0.164. The summed E-state index contributed by atoms with van der Waals surface area (Å²) in [5, 5.41) is 10.4. The molecule has 0 saturated carbocycles. The molecular weight excluding hydrogens is 260 g/mol. The highest BCUT2D eigenvalue weighted by Gasteiger charge is 2.19. The maximum Gasteiger partial charge on any atom is 0.137 e. The molecule has 2 aromatic rings. The topological polar surface area (TPSA) is 38.1 Å². The first-order chi connectivity index (χ1) is 9.70. The molecule has 0 bridgehead atoms. The molecule has 0 saturated heterocycles. The largest absolute Gasteiger partial charge is 0.385 e. The minimum atomic E-state index is -0.567. The minimum Gasteiger partial charge on any atom is -0.385 e. The Kier molecular flexibility index (Phi) is 4.24. The van der Waals surface area contributed by atoms with Crippen LogP contribution in [0.1, 0.15) is 55.0 Å². The number of aliphatic hydroxyl groups is 1. The monoisotopic (exact) mass is 286 g/mol. The third kappa shape index (κ3) is 3.35. The van der Waals surface area contributed by atoms with Gasteiger partial charge in [0.1, 0.15) is 11.9 Å². The highest BCUT2D eigenvalue weighted by molar-refractivity contribution is 5.41. The van der Waals surface area contributed by atoms with Crippen molar-refractivity contribution in [2.45, 2.75) is 52.6 Å². The fourth-order valence-corrected chi connectivity index (χ4v) is 2.73. The Morgan fingerprint density at radius 3 is 2.19 bits per heavy atom. The lowest BCUT2D eigenvalue weighted by Gasteiger charge is -2.23. The number of hydrogen-bond acceptors (Lipinski definition) is 2. The number of benzene rings is 1. The summed E-state index contributed by atoms with van der Waals surface area (Å²) < 4.78 is 1.87. The number of aliphatic hydroxyl groups excluding tert-OH is 1. The summed E-state index contributed by atoms with van der Waals surface area (Å²) in [6, 6.07) is 4.49. The summed E-state index contributed by atoms with van der Waals surface area (Å²) in [5.74, 6) is 0.716. The first-order valence-electron chi connectivity index (χ1n) is 7.46. The fourth-order valence-electron chi connectivity index (χ4n) is 2.73. The summed E-state index contributed by atoms with van der Waals surface area (Å²) in [5.41, 5.74) is 5.19. The third-order valence-electron chi connectivity index (χ3n) is 4.12. The van der Waals surface area contributed by atoms with E-state index < -0.39 is 6.10 Å². The predicted molar refractivity (Wildman–Crippen MR) is 86.5 cm³/mol. The van der Waals surface area contributed by atoms with Crippen LogP contribution in [-0.4, -0.2) is 14.7 Å². The van der Waals surface area contributed by atoms with Gasteiger partial charge in [0.05, 0.1) is 0 Å². The van der Waals surface area contributed by atoms with E-state index in [0.717, 1.165) is 0 Å². The van der Waals surface area contributed by atoms with Crippen LogP contribution in [0.25, 0.3) is 0 Å². The van der Waals surface area contributed by atoms with Gasteiger partial charge in [-0.3, -0.25) is 0 Å². The Labute approximate surface area is 127 Å². The van der Waals surface area contributed by atoms with Gasteiger partial charge in [-0.25, -0.2) is 4.98 Å². The first-order valence-corrected chi connectivity index (χ1v) is 7.46. The van der Waals surface area contributed by atoms with E-state index in [2.05, 4.69) is 51.7 Å². The highest BCUT2D eigenvalue weighted by atomic mass is 16.3. The van der Waals surface area contributed by atoms with E-state index in [9.17, 15) is 5.11 Å². The fraction of sp³-hybridized carbons (Fsp3) is 0.500. The van der Waals surface area contributed by atoms with Crippen molar-refractivity contribution in [2.24, 2.45) is 7.05 Å². The second-order valence-corrected chi connectivity index (χ2v) is 6.95. The molecule has 0 amide bonds. The molecule has 1 aromatic heterocycles. The van der Waals surface area contributed by atoms with Crippen LogP contribution in [0, 0.1) is 13.8 Å². The molecule has 1 heterocycles. The Morgan fingerprint density at radius 1 is 1.19 bits per heavy atom. The van der Waals surface area contributed by atoms with Gasteiger partial charge in [-0.05, 0) is 41.5 Å². The SMILES string of the molecule is Cc1cc(C(C)(C)C)cc(C)c1CC(O)c1nccn1C. The average Bonchev–Trinajstić information content (AvgIpc) is 2.78. The van der Waals surface area contributed by atoms with Gasteiger partial charge in [0, 0.05) is 25.9 Å². The minimum absolute atomic E-state index is 0.145. The van der Waals surface area contributed by atoms with Gasteiger partial charge < -0.3 is 9.67 Å². The van der Waals surface area contributed by atoms with E-state index in [1.54, 1.807) is 6.20 Å². The van der Waals surface area contributed by atoms with Crippen LogP contribution in [0.5, 0.6) is 0 Å². The molecule has 3 nitrogen and oxygen atoms in total. The van der Waals surface area contributed by atoms with Gasteiger partial charge in [0.15, 0.2) is 0 Å². The van der Waals surface area contributed by atoms with E-state index in [4.69, 9.17) is 0 Å². The van der Waals surface area contributed by atoms with E-state index >= 15 is 0 Å². The lowest BCUT2D eigenvalue weighted by atomic mass is 9.83. The van der Waals surface area contributed by atoms with Gasteiger partial charge in [0.2, 0.25) is 0 Å². The molecule has 1 aromatic carbocycles. The molecule has 0 spiro atoms. The zero-order valence-electron chi connectivity index (χ0n) is 13.9. The molecule has 3 heteroatoms. The smallest absolute Gasteiger partial charge is 0.137 e. The van der Waals surface area contributed by atoms with Crippen LogP contribution < -0.4 is 0 Å². The Hall–Kier alpha value is -1.61. The summed E-state index contributed by atoms with van der Waals surface area (Å²) in [7, 11) is 1.91. The normalized spacial score (nSPS) is 13.5. The molecule has 21 heavy (non-hydrogen) atoms. The van der Waals surface area contributed by atoms with E-state index in [0.29, 0.717) is 12.2 Å². The van der Waals surface area contributed by atoms with Crippen LogP contribution in [-0.2, 0) is 18.9 Å². The quantitative estimate of drug-likeness (QED) is 0.936. The zero-order valence-corrected chi connectivity index (χ0v) is 13.9. The predicted octanol–water partition coefficient (Wildman–Crippen LogP) is 3.61. The molecule has 1 unspecified atom stereocenters. The summed E-state index contributed by atoms with van der Waals surface area (Å²) >= 11 is 0. The van der Waals surface area contributed by atoms with Crippen molar-refractivity contribution in [2.75, 3.05) is 0 Å². The average molecular weight is 286 g/mol. The van der Waals surface area contributed by atoms with Crippen molar-refractivity contribution in [1.82, 2.24) is 9.55 Å². The van der Waals surface area contributed by atoms with E-state index in [-0.39, 0.29) is 5.41 Å². The number of nitrogens with zero attached hydrogens (tertiary/aromatic N) is 2. The molecule has 0 fully saturated rings. The molecule has 0 aliphatic carbocycles. The van der Waals surface area contributed by atoms with Crippen LogP contribution in [0.3, 0.4) is 0 Å². The molecule has 1 N–H and O–H groups in total. The van der Waals surface area contributed by atoms with Crippen molar-refractivity contribution in [1.29, 1.82) is 0 Å².